The maximum Gasteiger partial charge on any atom is 0.409 e. The normalized spacial score (nSPS) is 14.9. The number of ether oxygens (including phenoxy) is 1. The molecular weight excluding hydrogens is 368 g/mol. The molecule has 0 bridgehead atoms. The van der Waals surface area contributed by atoms with Gasteiger partial charge in [-0.15, -0.1) is 0 Å². The van der Waals surface area contributed by atoms with Gasteiger partial charge in [-0.25, -0.2) is 4.79 Å². The van der Waals surface area contributed by atoms with Gasteiger partial charge >= 0.3 is 6.09 Å². The molecule has 1 aromatic heterocycles. The molecule has 1 fully saturated rings. The van der Waals surface area contributed by atoms with Crippen molar-refractivity contribution in [2.75, 3.05) is 19.7 Å². The van der Waals surface area contributed by atoms with Gasteiger partial charge in [-0.3, -0.25) is 9.48 Å². The average molecular weight is 399 g/mol. The van der Waals surface area contributed by atoms with E-state index in [2.05, 4.69) is 48.5 Å². The van der Waals surface area contributed by atoms with Crippen molar-refractivity contribution in [2.24, 2.45) is 7.05 Å². The minimum atomic E-state index is -0.282. The number of aromatic nitrogens is 2. The first kappa shape index (κ1) is 20.9. The van der Waals surface area contributed by atoms with Crippen molar-refractivity contribution >= 4 is 12.0 Å². The standard InChI is InChI=1S/C22H30N4O3/c1-5-29-22(28)26-12-10-18(11-13-26)23-21(27)19-14-20(25(4)24-19)17-8-6-16(7-9-17)15(2)3/h6-9,14-15,18H,5,10-13H2,1-4H3,(H,23,27). The Bertz CT molecular complexity index is 849. The zero-order valence-corrected chi connectivity index (χ0v) is 17.6. The van der Waals surface area contributed by atoms with Crippen molar-refractivity contribution in [3.05, 3.63) is 41.6 Å². The van der Waals surface area contributed by atoms with Crippen LogP contribution in [0.5, 0.6) is 0 Å². The number of aryl methyl sites for hydroxylation is 1. The van der Waals surface area contributed by atoms with Crippen molar-refractivity contribution in [3.8, 4) is 11.3 Å². The van der Waals surface area contributed by atoms with E-state index >= 15 is 0 Å². The SMILES string of the molecule is CCOC(=O)N1CCC(NC(=O)c2cc(-c3ccc(C(C)C)cc3)n(C)n2)CC1. The van der Waals surface area contributed by atoms with Gasteiger partial charge in [0.1, 0.15) is 0 Å². The number of hydrogen-bond acceptors (Lipinski definition) is 4. The second kappa shape index (κ2) is 9.11. The van der Waals surface area contributed by atoms with Crippen molar-refractivity contribution in [1.29, 1.82) is 0 Å². The zero-order valence-electron chi connectivity index (χ0n) is 17.6. The van der Waals surface area contributed by atoms with Gasteiger partial charge in [-0.2, -0.15) is 5.10 Å². The summed E-state index contributed by atoms with van der Waals surface area (Å²) in [5.41, 5.74) is 3.63. The quantitative estimate of drug-likeness (QED) is 0.835. The molecule has 2 heterocycles. The molecule has 0 unspecified atom stereocenters. The van der Waals surface area contributed by atoms with Gasteiger partial charge in [0.05, 0.1) is 12.3 Å². The van der Waals surface area contributed by atoms with Crippen LogP contribution in [0.15, 0.2) is 30.3 Å². The highest BCUT2D eigenvalue weighted by Crippen LogP contribution is 2.23. The minimum absolute atomic E-state index is 0.0314. The van der Waals surface area contributed by atoms with E-state index in [1.165, 1.54) is 5.56 Å². The van der Waals surface area contributed by atoms with Crippen LogP contribution in [-0.4, -0.2) is 52.4 Å². The lowest BCUT2D eigenvalue weighted by atomic mass is 10.0. The Kier molecular flexibility index (Phi) is 6.56. The first-order chi connectivity index (χ1) is 13.9. The highest BCUT2D eigenvalue weighted by atomic mass is 16.6. The molecule has 1 aromatic carbocycles. The largest absolute Gasteiger partial charge is 0.450 e. The Hall–Kier alpha value is -2.83. The van der Waals surface area contributed by atoms with Gasteiger partial charge in [0.15, 0.2) is 5.69 Å². The van der Waals surface area contributed by atoms with E-state index in [9.17, 15) is 9.59 Å². The molecule has 1 aliphatic rings. The molecule has 7 nitrogen and oxygen atoms in total. The number of nitrogens with zero attached hydrogens (tertiary/aromatic N) is 3. The summed E-state index contributed by atoms with van der Waals surface area (Å²) in [5.74, 6) is 0.299. The Labute approximate surface area is 172 Å². The van der Waals surface area contributed by atoms with E-state index in [0.29, 0.717) is 44.1 Å². The van der Waals surface area contributed by atoms with Crippen LogP contribution >= 0.6 is 0 Å². The predicted molar refractivity (Wildman–Crippen MR) is 112 cm³/mol. The summed E-state index contributed by atoms with van der Waals surface area (Å²) in [4.78, 5) is 26.2. The highest BCUT2D eigenvalue weighted by Gasteiger charge is 2.25. The van der Waals surface area contributed by atoms with Crippen LogP contribution in [0.25, 0.3) is 11.3 Å². The van der Waals surface area contributed by atoms with Crippen LogP contribution < -0.4 is 5.32 Å². The van der Waals surface area contributed by atoms with E-state index in [0.717, 1.165) is 11.3 Å². The molecule has 2 aromatic rings. The maximum atomic E-state index is 12.7. The number of rotatable bonds is 5. The third kappa shape index (κ3) is 4.96. The number of benzene rings is 1. The molecule has 0 spiro atoms. The molecule has 1 saturated heterocycles. The summed E-state index contributed by atoms with van der Waals surface area (Å²) < 4.78 is 6.77. The lowest BCUT2D eigenvalue weighted by Crippen LogP contribution is -2.46. The molecule has 156 valence electrons. The van der Waals surface area contributed by atoms with Crippen LogP contribution in [0.4, 0.5) is 4.79 Å². The number of hydrogen-bond donors (Lipinski definition) is 1. The van der Waals surface area contributed by atoms with E-state index < -0.39 is 0 Å². The number of nitrogens with one attached hydrogen (secondary N) is 1. The first-order valence-corrected chi connectivity index (χ1v) is 10.3. The third-order valence-electron chi connectivity index (χ3n) is 5.34. The summed E-state index contributed by atoms with van der Waals surface area (Å²) in [6.45, 7) is 7.67. The molecule has 7 heteroatoms. The number of carbonyl (C=O) groups excluding carboxylic acids is 2. The second-order valence-corrected chi connectivity index (χ2v) is 7.75. The number of piperidine rings is 1. The zero-order chi connectivity index (χ0) is 21.0. The molecule has 0 aliphatic carbocycles. The predicted octanol–water partition coefficient (Wildman–Crippen LogP) is 3.56. The van der Waals surface area contributed by atoms with Crippen LogP contribution in [-0.2, 0) is 11.8 Å². The van der Waals surface area contributed by atoms with E-state index in [1.807, 2.05) is 13.1 Å². The molecule has 2 amide bonds. The Morgan fingerprint density at radius 1 is 1.21 bits per heavy atom. The molecule has 3 rings (SSSR count). The molecule has 0 radical (unpaired) electrons. The molecule has 1 aliphatic heterocycles. The monoisotopic (exact) mass is 398 g/mol. The molecule has 29 heavy (non-hydrogen) atoms. The Balaban J connectivity index is 1.61. The molecular formula is C22H30N4O3. The summed E-state index contributed by atoms with van der Waals surface area (Å²) in [7, 11) is 1.85. The van der Waals surface area contributed by atoms with Gasteiger partial charge in [0.2, 0.25) is 0 Å². The van der Waals surface area contributed by atoms with E-state index in [-0.39, 0.29) is 18.0 Å². The van der Waals surface area contributed by atoms with E-state index in [4.69, 9.17) is 4.74 Å². The number of carbonyl (C=O) groups is 2. The topological polar surface area (TPSA) is 76.5 Å². The summed E-state index contributed by atoms with van der Waals surface area (Å²) in [6, 6.07) is 10.2. The van der Waals surface area contributed by atoms with Crippen LogP contribution in [0.1, 0.15) is 55.6 Å². The van der Waals surface area contributed by atoms with Gasteiger partial charge in [-0.1, -0.05) is 38.1 Å². The molecule has 1 N–H and O–H groups in total. The van der Waals surface area contributed by atoms with Crippen molar-refractivity contribution in [2.45, 2.75) is 45.6 Å². The number of likely N-dealkylation sites (tertiary alicyclic amines) is 1. The van der Waals surface area contributed by atoms with E-state index in [1.54, 1.807) is 16.5 Å². The van der Waals surface area contributed by atoms with Crippen molar-refractivity contribution in [1.82, 2.24) is 20.0 Å². The smallest absolute Gasteiger partial charge is 0.409 e. The fourth-order valence-electron chi connectivity index (χ4n) is 3.57. The average Bonchev–Trinajstić information content (AvgIpc) is 3.10. The summed E-state index contributed by atoms with van der Waals surface area (Å²) in [6.07, 6.45) is 1.14. The third-order valence-corrected chi connectivity index (χ3v) is 5.34. The van der Waals surface area contributed by atoms with Crippen molar-refractivity contribution < 1.29 is 14.3 Å². The fourth-order valence-corrected chi connectivity index (χ4v) is 3.57. The van der Waals surface area contributed by atoms with Gasteiger partial charge in [0, 0.05) is 26.2 Å². The second-order valence-electron chi connectivity index (χ2n) is 7.75. The number of amides is 2. The molecule has 0 atom stereocenters. The lowest BCUT2D eigenvalue weighted by molar-refractivity contribution is 0.0856. The van der Waals surface area contributed by atoms with Crippen LogP contribution in [0, 0.1) is 0 Å². The van der Waals surface area contributed by atoms with Crippen LogP contribution in [0.3, 0.4) is 0 Å². The van der Waals surface area contributed by atoms with Gasteiger partial charge in [0.25, 0.3) is 5.91 Å². The fraction of sp³-hybridized carbons (Fsp3) is 0.500. The highest BCUT2D eigenvalue weighted by molar-refractivity contribution is 5.93. The Morgan fingerprint density at radius 2 is 1.86 bits per heavy atom. The lowest BCUT2D eigenvalue weighted by Gasteiger charge is -2.31. The van der Waals surface area contributed by atoms with Crippen LogP contribution in [0.2, 0.25) is 0 Å². The summed E-state index contributed by atoms with van der Waals surface area (Å²) >= 11 is 0. The Morgan fingerprint density at radius 3 is 2.45 bits per heavy atom. The summed E-state index contributed by atoms with van der Waals surface area (Å²) in [5, 5.41) is 7.45. The minimum Gasteiger partial charge on any atom is -0.450 e. The van der Waals surface area contributed by atoms with Gasteiger partial charge < -0.3 is 15.0 Å². The molecule has 0 saturated carbocycles. The van der Waals surface area contributed by atoms with Gasteiger partial charge in [-0.05, 0) is 42.9 Å². The maximum absolute atomic E-state index is 12.7. The van der Waals surface area contributed by atoms with Crippen molar-refractivity contribution in [3.63, 3.8) is 0 Å². The first-order valence-electron chi connectivity index (χ1n) is 10.3.